The number of nitrogen functional groups attached to an aromatic ring is 1. The predicted octanol–water partition coefficient (Wildman–Crippen LogP) is 2.20. The second-order valence-electron chi connectivity index (χ2n) is 4.84. The van der Waals surface area contributed by atoms with Crippen LogP contribution in [0, 0.1) is 11.3 Å². The summed E-state index contributed by atoms with van der Waals surface area (Å²) in [5, 5.41) is 7.59. The standard InChI is InChI=1S/C14H21N3/c1-2-17(9-11-7-8-11)10-12-5-3-4-6-13(12)14(15)16/h3-6,11H,2,7-10H2,1H3,(H3,15,16). The number of nitrogens with two attached hydrogens (primary N) is 1. The molecule has 0 atom stereocenters. The van der Waals surface area contributed by atoms with E-state index in [0.717, 1.165) is 24.6 Å². The normalized spacial score (nSPS) is 15.2. The topological polar surface area (TPSA) is 53.1 Å². The quantitative estimate of drug-likeness (QED) is 0.582. The third-order valence-corrected chi connectivity index (χ3v) is 3.36. The maximum absolute atomic E-state index is 7.59. The minimum atomic E-state index is 0.170. The van der Waals surface area contributed by atoms with Crippen LogP contribution in [0.5, 0.6) is 0 Å². The van der Waals surface area contributed by atoms with Crippen LogP contribution in [0.3, 0.4) is 0 Å². The summed E-state index contributed by atoms with van der Waals surface area (Å²) >= 11 is 0. The summed E-state index contributed by atoms with van der Waals surface area (Å²) in [5.74, 6) is 1.07. The largest absolute Gasteiger partial charge is 0.384 e. The van der Waals surface area contributed by atoms with Crippen LogP contribution in [0.1, 0.15) is 30.9 Å². The number of nitrogens with one attached hydrogen (secondary N) is 1. The Labute approximate surface area is 103 Å². The van der Waals surface area contributed by atoms with Gasteiger partial charge >= 0.3 is 0 Å². The van der Waals surface area contributed by atoms with E-state index in [-0.39, 0.29) is 5.84 Å². The van der Waals surface area contributed by atoms with Crippen molar-refractivity contribution in [3.8, 4) is 0 Å². The van der Waals surface area contributed by atoms with E-state index in [9.17, 15) is 0 Å². The first-order valence-electron chi connectivity index (χ1n) is 6.35. The van der Waals surface area contributed by atoms with E-state index < -0.39 is 0 Å². The third-order valence-electron chi connectivity index (χ3n) is 3.36. The number of nitrogens with zero attached hydrogens (tertiary/aromatic N) is 1. The Balaban J connectivity index is 2.07. The van der Waals surface area contributed by atoms with Gasteiger partial charge in [0.25, 0.3) is 0 Å². The lowest BCUT2D eigenvalue weighted by atomic mass is 10.1. The second-order valence-corrected chi connectivity index (χ2v) is 4.84. The Morgan fingerprint density at radius 3 is 2.71 bits per heavy atom. The van der Waals surface area contributed by atoms with E-state index in [4.69, 9.17) is 11.1 Å². The molecule has 2 rings (SSSR count). The van der Waals surface area contributed by atoms with Gasteiger partial charge in [0.05, 0.1) is 0 Å². The minimum absolute atomic E-state index is 0.170. The molecule has 0 aromatic heterocycles. The van der Waals surface area contributed by atoms with Crippen molar-refractivity contribution in [2.24, 2.45) is 11.7 Å². The van der Waals surface area contributed by atoms with Crippen LogP contribution >= 0.6 is 0 Å². The zero-order valence-electron chi connectivity index (χ0n) is 10.4. The van der Waals surface area contributed by atoms with Crippen LogP contribution in [-0.2, 0) is 6.54 Å². The number of hydrogen-bond acceptors (Lipinski definition) is 2. The SMILES string of the molecule is CCN(Cc1ccccc1C(=N)N)CC1CC1. The lowest BCUT2D eigenvalue weighted by Crippen LogP contribution is -2.27. The molecular weight excluding hydrogens is 210 g/mol. The smallest absolute Gasteiger partial charge is 0.123 e. The molecule has 0 spiro atoms. The minimum Gasteiger partial charge on any atom is -0.384 e. The van der Waals surface area contributed by atoms with Crippen molar-refractivity contribution in [1.82, 2.24) is 4.90 Å². The van der Waals surface area contributed by atoms with Crippen molar-refractivity contribution < 1.29 is 0 Å². The van der Waals surface area contributed by atoms with Crippen molar-refractivity contribution in [2.75, 3.05) is 13.1 Å². The molecule has 0 heterocycles. The molecule has 92 valence electrons. The molecule has 0 aliphatic heterocycles. The summed E-state index contributed by atoms with van der Waals surface area (Å²) in [6, 6.07) is 7.97. The summed E-state index contributed by atoms with van der Waals surface area (Å²) in [6.45, 7) is 5.34. The molecule has 1 aliphatic rings. The highest BCUT2D eigenvalue weighted by atomic mass is 15.1. The van der Waals surface area contributed by atoms with E-state index in [0.29, 0.717) is 0 Å². The Morgan fingerprint density at radius 1 is 1.41 bits per heavy atom. The van der Waals surface area contributed by atoms with Crippen LogP contribution in [0.15, 0.2) is 24.3 Å². The maximum Gasteiger partial charge on any atom is 0.123 e. The first-order valence-corrected chi connectivity index (χ1v) is 6.35. The van der Waals surface area contributed by atoms with Gasteiger partial charge in [-0.3, -0.25) is 10.3 Å². The van der Waals surface area contributed by atoms with Crippen LogP contribution in [0.2, 0.25) is 0 Å². The van der Waals surface area contributed by atoms with Crippen molar-refractivity contribution in [3.05, 3.63) is 35.4 Å². The number of rotatable bonds is 6. The highest BCUT2D eigenvalue weighted by molar-refractivity contribution is 5.96. The fraction of sp³-hybridized carbons (Fsp3) is 0.500. The molecule has 0 saturated heterocycles. The maximum atomic E-state index is 7.59. The summed E-state index contributed by atoms with van der Waals surface area (Å²) in [6.07, 6.45) is 2.76. The number of amidine groups is 1. The van der Waals surface area contributed by atoms with Gasteiger partial charge in [0.2, 0.25) is 0 Å². The van der Waals surface area contributed by atoms with Crippen molar-refractivity contribution in [2.45, 2.75) is 26.3 Å². The molecule has 3 N–H and O–H groups in total. The summed E-state index contributed by atoms with van der Waals surface area (Å²) in [4.78, 5) is 2.44. The molecule has 0 radical (unpaired) electrons. The van der Waals surface area contributed by atoms with Gasteiger partial charge in [-0.05, 0) is 30.9 Å². The second kappa shape index (κ2) is 5.32. The molecule has 1 saturated carbocycles. The fourth-order valence-electron chi connectivity index (χ4n) is 2.13. The monoisotopic (exact) mass is 231 g/mol. The van der Waals surface area contributed by atoms with Crippen molar-refractivity contribution in [3.63, 3.8) is 0 Å². The predicted molar refractivity (Wildman–Crippen MR) is 71.1 cm³/mol. The van der Waals surface area contributed by atoms with E-state index in [1.165, 1.54) is 24.9 Å². The van der Waals surface area contributed by atoms with E-state index in [1.807, 2.05) is 18.2 Å². The third kappa shape index (κ3) is 3.30. The molecule has 1 aromatic rings. The molecule has 1 aromatic carbocycles. The lowest BCUT2D eigenvalue weighted by Gasteiger charge is -2.21. The first kappa shape index (κ1) is 12.1. The van der Waals surface area contributed by atoms with Gasteiger partial charge in [0, 0.05) is 18.7 Å². The fourth-order valence-corrected chi connectivity index (χ4v) is 2.13. The number of hydrogen-bond donors (Lipinski definition) is 2. The lowest BCUT2D eigenvalue weighted by molar-refractivity contribution is 0.268. The average Bonchev–Trinajstić information content (AvgIpc) is 3.12. The highest BCUT2D eigenvalue weighted by Gasteiger charge is 2.23. The number of benzene rings is 1. The Morgan fingerprint density at radius 2 is 2.12 bits per heavy atom. The van der Waals surface area contributed by atoms with Crippen molar-refractivity contribution in [1.29, 1.82) is 5.41 Å². The molecule has 0 amide bonds. The molecule has 3 heteroatoms. The van der Waals surface area contributed by atoms with Gasteiger partial charge in [-0.15, -0.1) is 0 Å². The van der Waals surface area contributed by atoms with Crippen LogP contribution in [0.4, 0.5) is 0 Å². The van der Waals surface area contributed by atoms with Crippen LogP contribution in [0.25, 0.3) is 0 Å². The Kier molecular flexibility index (Phi) is 3.79. The molecule has 17 heavy (non-hydrogen) atoms. The van der Waals surface area contributed by atoms with Gasteiger partial charge in [0.15, 0.2) is 0 Å². The molecule has 0 bridgehead atoms. The Bertz CT molecular complexity index is 396. The van der Waals surface area contributed by atoms with E-state index in [1.54, 1.807) is 0 Å². The van der Waals surface area contributed by atoms with Gasteiger partial charge in [0.1, 0.15) is 5.84 Å². The zero-order valence-corrected chi connectivity index (χ0v) is 10.4. The average molecular weight is 231 g/mol. The summed E-state index contributed by atoms with van der Waals surface area (Å²) in [7, 11) is 0. The van der Waals surface area contributed by atoms with Crippen molar-refractivity contribution >= 4 is 5.84 Å². The van der Waals surface area contributed by atoms with Crippen LogP contribution < -0.4 is 5.73 Å². The van der Waals surface area contributed by atoms with Gasteiger partial charge in [-0.25, -0.2) is 0 Å². The molecule has 1 aliphatic carbocycles. The van der Waals surface area contributed by atoms with Gasteiger partial charge < -0.3 is 5.73 Å². The first-order chi connectivity index (χ1) is 8.20. The van der Waals surface area contributed by atoms with Crippen LogP contribution in [-0.4, -0.2) is 23.8 Å². The molecule has 1 fully saturated rings. The summed E-state index contributed by atoms with van der Waals surface area (Å²) in [5.41, 5.74) is 7.66. The molecule has 0 unspecified atom stereocenters. The Hall–Kier alpha value is -1.35. The van der Waals surface area contributed by atoms with E-state index >= 15 is 0 Å². The van der Waals surface area contributed by atoms with Gasteiger partial charge in [-0.2, -0.15) is 0 Å². The zero-order chi connectivity index (χ0) is 12.3. The highest BCUT2D eigenvalue weighted by Crippen LogP contribution is 2.30. The summed E-state index contributed by atoms with van der Waals surface area (Å²) < 4.78 is 0. The van der Waals surface area contributed by atoms with Gasteiger partial charge in [-0.1, -0.05) is 31.2 Å². The molecular formula is C14H21N3. The molecule has 3 nitrogen and oxygen atoms in total. The van der Waals surface area contributed by atoms with E-state index in [2.05, 4.69) is 17.9 Å².